The Morgan fingerprint density at radius 2 is 1.88 bits per heavy atom. The van der Waals surface area contributed by atoms with Gasteiger partial charge in [0.25, 0.3) is 11.8 Å². The van der Waals surface area contributed by atoms with E-state index in [2.05, 4.69) is 14.8 Å². The molecule has 1 spiro atoms. The minimum atomic E-state index is -4.70. The number of alkyl halides is 3. The van der Waals surface area contributed by atoms with Crippen molar-refractivity contribution in [2.24, 2.45) is 0 Å². The fourth-order valence-corrected chi connectivity index (χ4v) is 5.32. The van der Waals surface area contributed by atoms with E-state index in [1.807, 2.05) is 6.92 Å². The Kier molecular flexibility index (Phi) is 8.34. The number of nitrogens with one attached hydrogen (secondary N) is 1. The van der Waals surface area contributed by atoms with Crippen LogP contribution in [0.5, 0.6) is 5.75 Å². The molecular formula is C28H27F3N3O8P. The standard InChI is InChI=1S/C28H27F3N3O8P/c1-17-3-5-20(33-26(36)19-7-10-32-24(14-19)28(29,30)31)15-21(17)18-4-6-22-23(13-18)41-27(8-11-40-12-9-27)16-25(35)34(22)42-43(37,38)39-2/h3-7,10,13-15H,8-9,11-12,16H2,1-2H3,(H,33,36)(H,37,38). The zero-order valence-electron chi connectivity index (χ0n) is 23.0. The number of fused-ring (bicyclic) bond motifs is 1. The van der Waals surface area contributed by atoms with Gasteiger partial charge in [0.15, 0.2) is 0 Å². The first-order chi connectivity index (χ1) is 20.3. The predicted molar refractivity (Wildman–Crippen MR) is 147 cm³/mol. The van der Waals surface area contributed by atoms with Crippen LogP contribution in [-0.4, -0.2) is 47.6 Å². The van der Waals surface area contributed by atoms with Crippen molar-refractivity contribution in [2.75, 3.05) is 30.7 Å². The van der Waals surface area contributed by atoms with Crippen LogP contribution in [0.1, 0.15) is 40.9 Å². The number of rotatable bonds is 6. The Balaban J connectivity index is 1.50. The molecule has 0 aliphatic carbocycles. The molecule has 2 aliphatic rings. The maximum absolute atomic E-state index is 13.3. The molecule has 1 aromatic heterocycles. The van der Waals surface area contributed by atoms with Crippen LogP contribution in [-0.2, 0) is 29.4 Å². The lowest BCUT2D eigenvalue weighted by atomic mass is 9.90. The smallest absolute Gasteiger partial charge is 0.484 e. The number of carbonyl (C=O) groups excluding carboxylic acids is 2. The maximum Gasteiger partial charge on any atom is 0.494 e. The highest BCUT2D eigenvalue weighted by Gasteiger charge is 2.44. The number of phosphoric ester groups is 1. The molecule has 0 bridgehead atoms. The number of aromatic nitrogens is 1. The molecule has 1 atom stereocenters. The molecule has 3 heterocycles. The summed E-state index contributed by atoms with van der Waals surface area (Å²) in [7, 11) is -3.65. The van der Waals surface area contributed by atoms with E-state index in [0.29, 0.717) is 54.0 Å². The topological polar surface area (TPSA) is 137 Å². The van der Waals surface area contributed by atoms with Crippen LogP contribution < -0.4 is 15.1 Å². The number of benzene rings is 2. The van der Waals surface area contributed by atoms with Crippen molar-refractivity contribution in [2.45, 2.75) is 38.0 Å². The first-order valence-corrected chi connectivity index (χ1v) is 14.6. The third-order valence-electron chi connectivity index (χ3n) is 7.14. The van der Waals surface area contributed by atoms with Crippen molar-refractivity contribution in [3.05, 3.63) is 71.5 Å². The largest absolute Gasteiger partial charge is 0.494 e. The number of aryl methyl sites for hydroxylation is 1. The maximum atomic E-state index is 13.3. The summed E-state index contributed by atoms with van der Waals surface area (Å²) in [5, 5.41) is 3.32. The molecular weight excluding hydrogens is 594 g/mol. The molecule has 228 valence electrons. The Morgan fingerprint density at radius 3 is 2.58 bits per heavy atom. The molecule has 15 heteroatoms. The van der Waals surface area contributed by atoms with E-state index in [9.17, 15) is 32.2 Å². The number of hydroxylamine groups is 1. The quantitative estimate of drug-likeness (QED) is 0.334. The summed E-state index contributed by atoms with van der Waals surface area (Å²) in [6, 6.07) is 11.6. The minimum absolute atomic E-state index is 0.0868. The zero-order valence-corrected chi connectivity index (χ0v) is 23.9. The van der Waals surface area contributed by atoms with E-state index in [1.165, 1.54) is 12.1 Å². The number of amides is 2. The van der Waals surface area contributed by atoms with Crippen molar-refractivity contribution in [3.63, 3.8) is 0 Å². The number of nitrogens with zero attached hydrogens (tertiary/aromatic N) is 2. The van der Waals surface area contributed by atoms with Crippen LogP contribution in [0.2, 0.25) is 0 Å². The van der Waals surface area contributed by atoms with E-state index >= 15 is 0 Å². The monoisotopic (exact) mass is 621 g/mol. The summed E-state index contributed by atoms with van der Waals surface area (Å²) in [6.45, 7) is 2.52. The number of halogens is 3. The Bertz CT molecular complexity index is 1610. The molecule has 2 amide bonds. The highest BCUT2D eigenvalue weighted by atomic mass is 31.2. The van der Waals surface area contributed by atoms with Gasteiger partial charge in [0.2, 0.25) is 0 Å². The summed E-state index contributed by atoms with van der Waals surface area (Å²) in [4.78, 5) is 39.3. The van der Waals surface area contributed by atoms with Crippen LogP contribution in [0.4, 0.5) is 24.5 Å². The molecule has 1 unspecified atom stereocenters. The average molecular weight is 622 g/mol. The van der Waals surface area contributed by atoms with Crippen LogP contribution in [0.15, 0.2) is 54.7 Å². The van der Waals surface area contributed by atoms with Crippen molar-refractivity contribution in [3.8, 4) is 16.9 Å². The van der Waals surface area contributed by atoms with Gasteiger partial charge in [0.1, 0.15) is 22.7 Å². The minimum Gasteiger partial charge on any atom is -0.484 e. The first kappa shape index (κ1) is 30.6. The molecule has 2 N–H and O–H groups in total. The molecule has 43 heavy (non-hydrogen) atoms. The second-order valence-corrected chi connectivity index (χ2v) is 11.6. The molecule has 0 radical (unpaired) electrons. The van der Waals surface area contributed by atoms with E-state index < -0.39 is 37.1 Å². The fourth-order valence-electron chi connectivity index (χ4n) is 4.87. The molecule has 2 aromatic carbocycles. The zero-order chi connectivity index (χ0) is 31.0. The summed E-state index contributed by atoms with van der Waals surface area (Å²) >= 11 is 0. The average Bonchev–Trinajstić information content (AvgIpc) is 3.07. The van der Waals surface area contributed by atoms with Gasteiger partial charge in [-0.15, -0.1) is 0 Å². The van der Waals surface area contributed by atoms with Gasteiger partial charge in [-0.2, -0.15) is 22.9 Å². The fraction of sp³-hybridized carbons (Fsp3) is 0.321. The number of anilines is 2. The molecule has 5 rings (SSSR count). The highest BCUT2D eigenvalue weighted by molar-refractivity contribution is 7.47. The molecule has 11 nitrogen and oxygen atoms in total. The summed E-state index contributed by atoms with van der Waals surface area (Å²) in [6.07, 6.45) is -3.15. The Hall–Kier alpha value is -3.81. The Labute approximate surface area is 244 Å². The SMILES string of the molecule is COP(=O)(O)ON1C(=O)CC2(CCOCC2)Oc2cc(-c3cc(NC(=O)c4ccnc(C(F)(F)F)c4)ccc3C)ccc21. The second kappa shape index (κ2) is 11.7. The van der Waals surface area contributed by atoms with Gasteiger partial charge < -0.3 is 19.7 Å². The van der Waals surface area contributed by atoms with Crippen LogP contribution in [0.25, 0.3) is 11.1 Å². The Morgan fingerprint density at radius 1 is 1.14 bits per heavy atom. The van der Waals surface area contributed by atoms with Gasteiger partial charge >= 0.3 is 14.0 Å². The second-order valence-electron chi connectivity index (χ2n) is 10.1. The lowest BCUT2D eigenvalue weighted by Crippen LogP contribution is -2.44. The van der Waals surface area contributed by atoms with Gasteiger partial charge in [-0.05, 0) is 60.0 Å². The van der Waals surface area contributed by atoms with Gasteiger partial charge in [-0.3, -0.25) is 19.1 Å². The third-order valence-corrected chi connectivity index (χ3v) is 7.97. The highest BCUT2D eigenvalue weighted by Crippen LogP contribution is 2.49. The van der Waals surface area contributed by atoms with E-state index in [0.717, 1.165) is 18.9 Å². The molecule has 1 saturated heterocycles. The van der Waals surface area contributed by atoms with Crippen molar-refractivity contribution in [1.29, 1.82) is 0 Å². The number of hydrogen-bond donors (Lipinski definition) is 2. The normalized spacial score (nSPS) is 17.9. The number of hydrogen-bond acceptors (Lipinski definition) is 8. The third kappa shape index (κ3) is 6.73. The number of carbonyl (C=O) groups is 2. The summed E-state index contributed by atoms with van der Waals surface area (Å²) in [5.41, 5.74) is 0.0905. The van der Waals surface area contributed by atoms with E-state index in [-0.39, 0.29) is 23.4 Å². The molecule has 2 aliphatic heterocycles. The lowest BCUT2D eigenvalue weighted by molar-refractivity contribution is -0.141. The lowest BCUT2D eigenvalue weighted by Gasteiger charge is -2.35. The van der Waals surface area contributed by atoms with Gasteiger partial charge in [-0.1, -0.05) is 12.1 Å². The van der Waals surface area contributed by atoms with Gasteiger partial charge in [0, 0.05) is 37.4 Å². The first-order valence-electron chi connectivity index (χ1n) is 13.1. The number of ether oxygens (including phenoxy) is 2. The number of phosphoric acid groups is 1. The van der Waals surface area contributed by atoms with Crippen LogP contribution in [0.3, 0.4) is 0 Å². The van der Waals surface area contributed by atoms with Gasteiger partial charge in [-0.25, -0.2) is 4.57 Å². The van der Waals surface area contributed by atoms with Crippen molar-refractivity contribution >= 4 is 31.0 Å². The molecule has 0 saturated carbocycles. The molecule has 1 fully saturated rings. The summed E-state index contributed by atoms with van der Waals surface area (Å²) in [5.74, 6) is -1.16. The number of pyridine rings is 1. The van der Waals surface area contributed by atoms with E-state index in [4.69, 9.17) is 14.1 Å². The predicted octanol–water partition coefficient (Wildman–Crippen LogP) is 5.67. The van der Waals surface area contributed by atoms with Crippen molar-refractivity contribution in [1.82, 2.24) is 4.98 Å². The van der Waals surface area contributed by atoms with Crippen molar-refractivity contribution < 1.29 is 50.8 Å². The van der Waals surface area contributed by atoms with Crippen LogP contribution >= 0.6 is 7.82 Å². The van der Waals surface area contributed by atoms with E-state index in [1.54, 1.807) is 30.3 Å². The van der Waals surface area contributed by atoms with Gasteiger partial charge in [0.05, 0.1) is 19.6 Å². The molecule has 3 aromatic rings. The summed E-state index contributed by atoms with van der Waals surface area (Å²) < 4.78 is 73.1. The van der Waals surface area contributed by atoms with Crippen LogP contribution in [0, 0.1) is 6.92 Å².